The first-order valence-corrected chi connectivity index (χ1v) is 21.2. The number of aliphatic hydroxyl groups is 2. The second-order valence-electron chi connectivity index (χ2n) is 18.0. The Morgan fingerprint density at radius 2 is 1.50 bits per heavy atom. The second kappa shape index (κ2) is 18.6. The van der Waals surface area contributed by atoms with E-state index in [0.717, 1.165) is 57.4 Å². The molecule has 0 aromatic rings. The number of Topliss-reactive ketones (excluding diaryl/α,β-unsaturated/α-hetero) is 2. The third-order valence-electron chi connectivity index (χ3n) is 14.6. The zero-order chi connectivity index (χ0) is 35.0. The molecule has 5 aliphatic carbocycles. The molecule has 0 radical (unpaired) electrons. The lowest BCUT2D eigenvalue weighted by Crippen LogP contribution is -2.45. The van der Waals surface area contributed by atoms with E-state index >= 15 is 0 Å². The van der Waals surface area contributed by atoms with Gasteiger partial charge in [0.25, 0.3) is 0 Å². The molecule has 0 aromatic carbocycles. The highest BCUT2D eigenvalue weighted by molar-refractivity contribution is 6.06. The molecule has 6 rings (SSSR count). The van der Waals surface area contributed by atoms with Crippen molar-refractivity contribution in [1.29, 1.82) is 0 Å². The molecule has 1 saturated heterocycles. The van der Waals surface area contributed by atoms with Gasteiger partial charge in [0.1, 0.15) is 0 Å². The van der Waals surface area contributed by atoms with Gasteiger partial charge in [0, 0.05) is 31.3 Å². The number of ether oxygens (including phenoxy) is 1. The topological polar surface area (TPSA) is 122 Å². The summed E-state index contributed by atoms with van der Waals surface area (Å²) < 4.78 is 5.72. The standard InChI is InChI=1S/C43H70N2O5/c1-50-40-26-34-16-18-38(46)43(49)42(48)37-24-29(12-8-11-28-9-4-2-5-10-28)21-31(22-30-19-20-45-41(44)25-30)23-33(37)15-17-35(36(34)27-39(40)47)32-13-6-3-7-14-32/h28-37,39-41,43,45,47,49H,2-14,16,18-27,44H2,1H3. The lowest BCUT2D eigenvalue weighted by molar-refractivity contribution is -0.142. The third-order valence-corrected chi connectivity index (χ3v) is 14.6. The molecule has 0 bridgehead atoms. The van der Waals surface area contributed by atoms with Crippen LogP contribution in [0.2, 0.25) is 0 Å². The van der Waals surface area contributed by atoms with E-state index in [1.807, 2.05) is 0 Å². The maximum absolute atomic E-state index is 14.4. The normalized spacial score (nSPS) is 41.4. The van der Waals surface area contributed by atoms with E-state index in [1.54, 1.807) is 7.11 Å². The average molecular weight is 695 g/mol. The van der Waals surface area contributed by atoms with Gasteiger partial charge in [0.15, 0.2) is 17.7 Å². The van der Waals surface area contributed by atoms with Gasteiger partial charge in [-0.25, -0.2) is 0 Å². The highest BCUT2D eigenvalue weighted by atomic mass is 16.5. The van der Waals surface area contributed by atoms with Crippen LogP contribution in [-0.2, 0) is 14.3 Å². The van der Waals surface area contributed by atoms with Gasteiger partial charge in [-0.1, -0.05) is 82.5 Å². The monoisotopic (exact) mass is 695 g/mol. The molecule has 7 heteroatoms. The maximum Gasteiger partial charge on any atom is 0.173 e. The fourth-order valence-corrected chi connectivity index (χ4v) is 11.9. The molecule has 12 atom stereocenters. The van der Waals surface area contributed by atoms with Crippen molar-refractivity contribution in [2.24, 2.45) is 64.9 Å². The summed E-state index contributed by atoms with van der Waals surface area (Å²) in [5, 5.41) is 26.1. The molecule has 7 nitrogen and oxygen atoms in total. The van der Waals surface area contributed by atoms with E-state index in [-0.39, 0.29) is 53.9 Å². The van der Waals surface area contributed by atoms with Crippen molar-refractivity contribution in [1.82, 2.24) is 5.32 Å². The van der Waals surface area contributed by atoms with Gasteiger partial charge in [-0.05, 0) is 119 Å². The fourth-order valence-electron chi connectivity index (χ4n) is 11.9. The molecular weight excluding hydrogens is 624 g/mol. The van der Waals surface area contributed by atoms with E-state index in [9.17, 15) is 19.8 Å². The van der Waals surface area contributed by atoms with Crippen LogP contribution in [0.5, 0.6) is 0 Å². The van der Waals surface area contributed by atoms with Gasteiger partial charge in [-0.15, -0.1) is 0 Å². The first-order chi connectivity index (χ1) is 24.3. The van der Waals surface area contributed by atoms with Crippen molar-refractivity contribution >= 4 is 11.6 Å². The SMILES string of the molecule is COC1CC2CCC(=O)C(O)C(=O)C3CC(CCCC4CCCCC4)CC(CC4CCNC(N)C4)CC3C#CC(C3CCCCC3)C2CC1O. The van der Waals surface area contributed by atoms with Gasteiger partial charge in [-0.3, -0.25) is 9.59 Å². The van der Waals surface area contributed by atoms with Crippen LogP contribution in [0.15, 0.2) is 0 Å². The number of methoxy groups -OCH3 is 1. The molecule has 50 heavy (non-hydrogen) atoms. The fraction of sp³-hybridized carbons (Fsp3) is 0.907. The number of piperidine rings is 1. The Bertz CT molecular complexity index is 1150. The molecule has 12 unspecified atom stereocenters. The molecule has 5 N–H and O–H groups in total. The molecule has 6 aliphatic rings. The summed E-state index contributed by atoms with van der Waals surface area (Å²) in [6, 6.07) is 0. The number of nitrogens with one attached hydrogen (secondary N) is 1. The van der Waals surface area contributed by atoms with Crippen molar-refractivity contribution < 1.29 is 24.5 Å². The second-order valence-corrected chi connectivity index (χ2v) is 18.0. The number of hydrogen-bond donors (Lipinski definition) is 4. The lowest BCUT2D eigenvalue weighted by Gasteiger charge is -2.44. The minimum Gasteiger partial charge on any atom is -0.390 e. The Morgan fingerprint density at radius 1 is 0.760 bits per heavy atom. The number of nitrogens with two attached hydrogens (primary N) is 1. The van der Waals surface area contributed by atoms with Crippen molar-refractivity contribution in [3.63, 3.8) is 0 Å². The molecule has 0 amide bonds. The highest BCUT2D eigenvalue weighted by Crippen LogP contribution is 2.47. The number of carbonyl (C=O) groups is 2. The van der Waals surface area contributed by atoms with Crippen LogP contribution < -0.4 is 11.1 Å². The zero-order valence-corrected chi connectivity index (χ0v) is 31.2. The number of aliphatic hydroxyl groups excluding tert-OH is 2. The number of rotatable bonds is 8. The summed E-state index contributed by atoms with van der Waals surface area (Å²) in [7, 11) is 1.67. The van der Waals surface area contributed by atoms with Crippen molar-refractivity contribution in [2.45, 2.75) is 172 Å². The van der Waals surface area contributed by atoms with Crippen LogP contribution in [0.4, 0.5) is 0 Å². The first-order valence-electron chi connectivity index (χ1n) is 21.2. The third kappa shape index (κ3) is 10.0. The Morgan fingerprint density at radius 3 is 2.24 bits per heavy atom. The highest BCUT2D eigenvalue weighted by Gasteiger charge is 2.45. The van der Waals surface area contributed by atoms with Crippen molar-refractivity contribution in [3.05, 3.63) is 0 Å². The zero-order valence-electron chi connectivity index (χ0n) is 31.2. The molecule has 1 aliphatic heterocycles. The summed E-state index contributed by atoms with van der Waals surface area (Å²) in [5.74, 6) is 9.88. The van der Waals surface area contributed by atoms with E-state index in [1.165, 1.54) is 77.0 Å². The summed E-state index contributed by atoms with van der Waals surface area (Å²) >= 11 is 0. The molecule has 0 spiro atoms. The predicted octanol–water partition coefficient (Wildman–Crippen LogP) is 6.96. The summed E-state index contributed by atoms with van der Waals surface area (Å²) in [5.41, 5.74) is 6.38. The van der Waals surface area contributed by atoms with Crippen molar-refractivity contribution in [3.8, 4) is 11.8 Å². The van der Waals surface area contributed by atoms with Gasteiger partial charge < -0.3 is 26.0 Å². The van der Waals surface area contributed by atoms with E-state index in [4.69, 9.17) is 10.5 Å². The molecule has 4 saturated carbocycles. The molecule has 5 fully saturated rings. The Labute approximate surface area is 303 Å². The van der Waals surface area contributed by atoms with E-state index < -0.39 is 18.1 Å². The smallest absolute Gasteiger partial charge is 0.173 e. The quantitative estimate of drug-likeness (QED) is 0.160. The van der Waals surface area contributed by atoms with Crippen LogP contribution in [0, 0.1) is 71.0 Å². The van der Waals surface area contributed by atoms with Gasteiger partial charge >= 0.3 is 0 Å². The number of carbonyl (C=O) groups excluding carboxylic acids is 2. The van der Waals surface area contributed by atoms with Gasteiger partial charge in [-0.2, -0.15) is 0 Å². The lowest BCUT2D eigenvalue weighted by atomic mass is 9.63. The Kier molecular flexibility index (Phi) is 14.3. The average Bonchev–Trinajstić information content (AvgIpc) is 3.29. The van der Waals surface area contributed by atoms with Gasteiger partial charge in [0.05, 0.1) is 18.4 Å². The predicted molar refractivity (Wildman–Crippen MR) is 198 cm³/mol. The molecule has 0 aromatic heterocycles. The summed E-state index contributed by atoms with van der Waals surface area (Å²) in [4.78, 5) is 28.0. The largest absolute Gasteiger partial charge is 0.390 e. The van der Waals surface area contributed by atoms with Crippen LogP contribution >= 0.6 is 0 Å². The minimum atomic E-state index is -1.56. The number of ketones is 2. The Balaban J connectivity index is 1.31. The molecular formula is C43H70N2O5. The Hall–Kier alpha value is -1.30. The van der Waals surface area contributed by atoms with E-state index in [2.05, 4.69) is 17.2 Å². The maximum atomic E-state index is 14.4. The number of fused-ring (bicyclic) bond motifs is 2. The van der Waals surface area contributed by atoms with Gasteiger partial charge in [0.2, 0.25) is 0 Å². The van der Waals surface area contributed by atoms with Crippen LogP contribution in [0.25, 0.3) is 0 Å². The first kappa shape index (κ1) is 38.4. The van der Waals surface area contributed by atoms with Crippen LogP contribution in [0.3, 0.4) is 0 Å². The molecule has 1 heterocycles. The molecule has 282 valence electrons. The van der Waals surface area contributed by atoms with Crippen LogP contribution in [0.1, 0.15) is 148 Å². The van der Waals surface area contributed by atoms with Crippen molar-refractivity contribution in [2.75, 3.05) is 13.7 Å². The summed E-state index contributed by atoms with van der Waals surface area (Å²) in [6.07, 6.45) is 22.3. The minimum absolute atomic E-state index is 0.0511. The summed E-state index contributed by atoms with van der Waals surface area (Å²) in [6.45, 7) is 0.962. The van der Waals surface area contributed by atoms with E-state index in [0.29, 0.717) is 42.9 Å². The van der Waals surface area contributed by atoms with Crippen LogP contribution in [-0.4, -0.2) is 59.9 Å². The number of hydrogen-bond acceptors (Lipinski definition) is 7.